The van der Waals surface area contributed by atoms with Gasteiger partial charge in [0.1, 0.15) is 16.5 Å². The molecule has 0 bridgehead atoms. The lowest BCUT2D eigenvalue weighted by Gasteiger charge is -2.24. The maximum Gasteiger partial charge on any atom is 0.266 e. The highest BCUT2D eigenvalue weighted by Crippen LogP contribution is 2.36. The Labute approximate surface area is 160 Å². The monoisotopic (exact) mass is 399 g/mol. The quantitative estimate of drug-likeness (QED) is 0.702. The second kappa shape index (κ2) is 7.05. The van der Waals surface area contributed by atoms with Crippen molar-refractivity contribution in [1.82, 2.24) is 4.72 Å². The van der Waals surface area contributed by atoms with Gasteiger partial charge in [-0.1, -0.05) is 42.5 Å². The van der Waals surface area contributed by atoms with Gasteiger partial charge < -0.3 is 5.32 Å². The number of aliphatic imine (C=N–C) groups is 1. The standard InChI is InChI=1S/C20H15F2N3O2S/c21-15-9-14(10-16(22)11-15)17-7-4-8-18-19(17)24-20(25-28(18,26)27)23-12-13-5-2-1-3-6-13/h1-11H,12H2,(H2,23,24,25). The first-order chi connectivity index (χ1) is 13.4. The summed E-state index contributed by atoms with van der Waals surface area (Å²) in [5.74, 6) is -1.45. The zero-order valence-electron chi connectivity index (χ0n) is 14.5. The van der Waals surface area contributed by atoms with E-state index in [0.717, 1.165) is 23.8 Å². The minimum absolute atomic E-state index is 0.0201. The number of guanidine groups is 1. The van der Waals surface area contributed by atoms with E-state index in [9.17, 15) is 17.2 Å². The summed E-state index contributed by atoms with van der Waals surface area (Å²) in [6, 6.07) is 16.9. The molecule has 3 aromatic rings. The van der Waals surface area contributed by atoms with E-state index >= 15 is 0 Å². The van der Waals surface area contributed by atoms with Crippen molar-refractivity contribution in [3.05, 3.63) is 83.9 Å². The predicted octanol–water partition coefficient (Wildman–Crippen LogP) is 3.89. The highest BCUT2D eigenvalue weighted by molar-refractivity contribution is 7.90. The zero-order valence-corrected chi connectivity index (χ0v) is 15.3. The van der Waals surface area contributed by atoms with Crippen LogP contribution in [-0.2, 0) is 16.6 Å². The van der Waals surface area contributed by atoms with Crippen molar-refractivity contribution in [2.24, 2.45) is 4.99 Å². The molecule has 0 saturated heterocycles. The summed E-state index contributed by atoms with van der Waals surface area (Å²) in [6.45, 7) is 0.262. The van der Waals surface area contributed by atoms with Crippen LogP contribution in [0, 0.1) is 11.6 Å². The summed E-state index contributed by atoms with van der Waals surface area (Å²) in [7, 11) is -3.88. The molecule has 2 N–H and O–H groups in total. The number of anilines is 1. The second-order valence-corrected chi connectivity index (χ2v) is 7.87. The molecular formula is C20H15F2N3O2S. The normalized spacial score (nSPS) is 16.1. The fourth-order valence-corrected chi connectivity index (χ4v) is 4.15. The Kier molecular flexibility index (Phi) is 4.56. The van der Waals surface area contributed by atoms with Crippen LogP contribution < -0.4 is 10.0 Å². The topological polar surface area (TPSA) is 70.6 Å². The zero-order chi connectivity index (χ0) is 19.7. The summed E-state index contributed by atoms with van der Waals surface area (Å²) >= 11 is 0. The van der Waals surface area contributed by atoms with Gasteiger partial charge in [0.2, 0.25) is 5.96 Å². The van der Waals surface area contributed by atoms with E-state index < -0.39 is 21.7 Å². The van der Waals surface area contributed by atoms with Gasteiger partial charge in [-0.15, -0.1) is 0 Å². The molecule has 3 aromatic carbocycles. The SMILES string of the molecule is O=S1(=O)NC(=NCc2ccccc2)Nc2c(-c3cc(F)cc(F)c3)cccc21. The Morgan fingerprint density at radius 3 is 2.32 bits per heavy atom. The summed E-state index contributed by atoms with van der Waals surface area (Å²) in [5, 5.41) is 2.94. The Morgan fingerprint density at radius 2 is 1.61 bits per heavy atom. The molecule has 5 nitrogen and oxygen atoms in total. The minimum atomic E-state index is -3.88. The van der Waals surface area contributed by atoms with Crippen molar-refractivity contribution < 1.29 is 17.2 Å². The molecule has 1 aliphatic heterocycles. The van der Waals surface area contributed by atoms with Gasteiger partial charge in [-0.25, -0.2) is 26.9 Å². The summed E-state index contributed by atoms with van der Waals surface area (Å²) in [5.41, 5.74) is 1.70. The molecule has 1 heterocycles. The van der Waals surface area contributed by atoms with Crippen molar-refractivity contribution >= 4 is 21.7 Å². The molecule has 4 rings (SSSR count). The van der Waals surface area contributed by atoms with Crippen LogP contribution in [-0.4, -0.2) is 14.4 Å². The number of halogens is 2. The van der Waals surface area contributed by atoms with Crippen molar-refractivity contribution in [3.63, 3.8) is 0 Å². The lowest BCUT2D eigenvalue weighted by Crippen LogP contribution is -2.41. The number of nitrogens with zero attached hydrogens (tertiary/aromatic N) is 1. The van der Waals surface area contributed by atoms with Crippen LogP contribution in [0.15, 0.2) is 76.6 Å². The molecule has 0 aromatic heterocycles. The van der Waals surface area contributed by atoms with Gasteiger partial charge >= 0.3 is 0 Å². The molecule has 0 fully saturated rings. The molecule has 28 heavy (non-hydrogen) atoms. The van der Waals surface area contributed by atoms with Crippen LogP contribution in [0.4, 0.5) is 14.5 Å². The molecule has 8 heteroatoms. The minimum Gasteiger partial charge on any atom is -0.324 e. The first-order valence-electron chi connectivity index (χ1n) is 8.40. The highest BCUT2D eigenvalue weighted by atomic mass is 32.2. The number of benzene rings is 3. The maximum atomic E-state index is 13.7. The Hall–Kier alpha value is -3.26. The van der Waals surface area contributed by atoms with Gasteiger partial charge in [0.15, 0.2) is 0 Å². The van der Waals surface area contributed by atoms with Gasteiger partial charge in [-0.2, -0.15) is 0 Å². The van der Waals surface area contributed by atoms with E-state index in [-0.39, 0.29) is 28.7 Å². The lowest BCUT2D eigenvalue weighted by atomic mass is 10.0. The fraction of sp³-hybridized carbons (Fsp3) is 0.0500. The van der Waals surface area contributed by atoms with Gasteiger partial charge in [-0.05, 0) is 29.3 Å². The second-order valence-electron chi connectivity index (χ2n) is 6.22. The average molecular weight is 399 g/mol. The van der Waals surface area contributed by atoms with Gasteiger partial charge in [0, 0.05) is 11.6 Å². The third-order valence-corrected chi connectivity index (χ3v) is 5.61. The number of para-hydroxylation sites is 1. The van der Waals surface area contributed by atoms with Crippen molar-refractivity contribution in [2.45, 2.75) is 11.4 Å². The fourth-order valence-electron chi connectivity index (χ4n) is 2.99. The average Bonchev–Trinajstić information content (AvgIpc) is 2.65. The van der Waals surface area contributed by atoms with Crippen LogP contribution >= 0.6 is 0 Å². The molecule has 0 radical (unpaired) electrons. The molecule has 0 aliphatic carbocycles. The Balaban J connectivity index is 1.78. The third kappa shape index (κ3) is 3.59. The molecule has 0 amide bonds. The largest absolute Gasteiger partial charge is 0.324 e. The number of nitrogens with one attached hydrogen (secondary N) is 2. The first-order valence-corrected chi connectivity index (χ1v) is 9.88. The predicted molar refractivity (Wildman–Crippen MR) is 103 cm³/mol. The molecule has 1 aliphatic rings. The Morgan fingerprint density at radius 1 is 0.893 bits per heavy atom. The van der Waals surface area contributed by atoms with Crippen LogP contribution in [0.5, 0.6) is 0 Å². The van der Waals surface area contributed by atoms with E-state index in [1.165, 1.54) is 12.1 Å². The van der Waals surface area contributed by atoms with Crippen LogP contribution in [0.3, 0.4) is 0 Å². The van der Waals surface area contributed by atoms with E-state index in [4.69, 9.17) is 0 Å². The molecule has 0 unspecified atom stereocenters. The maximum absolute atomic E-state index is 13.7. The van der Waals surface area contributed by atoms with E-state index in [1.807, 2.05) is 30.3 Å². The molecule has 142 valence electrons. The van der Waals surface area contributed by atoms with Crippen molar-refractivity contribution in [1.29, 1.82) is 0 Å². The Bertz CT molecular complexity index is 1160. The van der Waals surface area contributed by atoms with Gasteiger partial charge in [0.05, 0.1) is 12.2 Å². The molecule has 0 saturated carbocycles. The lowest BCUT2D eigenvalue weighted by molar-refractivity contribution is 0.584. The van der Waals surface area contributed by atoms with Crippen LogP contribution in [0.1, 0.15) is 5.56 Å². The first kappa shape index (κ1) is 18.1. The molecule has 0 atom stereocenters. The number of hydrogen-bond acceptors (Lipinski definition) is 3. The molecule has 0 spiro atoms. The molecular weight excluding hydrogens is 384 g/mol. The summed E-state index contributed by atoms with van der Waals surface area (Å²) < 4.78 is 55.0. The number of hydrogen-bond donors (Lipinski definition) is 2. The van der Waals surface area contributed by atoms with Gasteiger partial charge in [0.25, 0.3) is 10.0 Å². The van der Waals surface area contributed by atoms with Gasteiger partial charge in [-0.3, -0.25) is 0 Å². The van der Waals surface area contributed by atoms with Crippen molar-refractivity contribution in [2.75, 3.05) is 5.32 Å². The number of fused-ring (bicyclic) bond motifs is 1. The van der Waals surface area contributed by atoms with Crippen LogP contribution in [0.2, 0.25) is 0 Å². The van der Waals surface area contributed by atoms with E-state index in [0.29, 0.717) is 5.56 Å². The smallest absolute Gasteiger partial charge is 0.266 e. The summed E-state index contributed by atoms with van der Waals surface area (Å²) in [4.78, 5) is 4.26. The van der Waals surface area contributed by atoms with E-state index in [1.54, 1.807) is 6.07 Å². The summed E-state index contributed by atoms with van der Waals surface area (Å²) in [6.07, 6.45) is 0. The van der Waals surface area contributed by atoms with Crippen LogP contribution in [0.25, 0.3) is 11.1 Å². The third-order valence-electron chi connectivity index (χ3n) is 4.23. The number of rotatable bonds is 3. The highest BCUT2D eigenvalue weighted by Gasteiger charge is 2.28. The number of sulfonamides is 1. The van der Waals surface area contributed by atoms with E-state index in [2.05, 4.69) is 15.0 Å². The van der Waals surface area contributed by atoms with Crippen molar-refractivity contribution in [3.8, 4) is 11.1 Å².